The van der Waals surface area contributed by atoms with E-state index in [9.17, 15) is 0 Å². The predicted octanol–water partition coefficient (Wildman–Crippen LogP) is 13.5. The fourth-order valence-corrected chi connectivity index (χ4v) is 11.4. The summed E-state index contributed by atoms with van der Waals surface area (Å²) in [6.07, 6.45) is 3.76. The fourth-order valence-electron chi connectivity index (χ4n) is 11.4. The maximum absolute atomic E-state index is 5.45. The highest BCUT2D eigenvalue weighted by Crippen LogP contribution is 2.24. The van der Waals surface area contributed by atoms with Crippen molar-refractivity contribution in [3.8, 4) is 11.8 Å². The molecule has 0 spiro atoms. The van der Waals surface area contributed by atoms with Gasteiger partial charge in [0, 0.05) is 84.5 Å². The topological polar surface area (TPSA) is 54.1 Å². The molecule has 0 aromatic heterocycles. The lowest BCUT2D eigenvalue weighted by atomic mass is 9.91. The Bertz CT molecular complexity index is 1600. The Morgan fingerprint density at radius 2 is 0.910 bits per heavy atom. The summed E-state index contributed by atoms with van der Waals surface area (Å²) < 4.78 is 11.7. The smallest absolute Gasteiger partial charge is 0.140 e. The van der Waals surface area contributed by atoms with Gasteiger partial charge >= 0.3 is 0 Å². The van der Waals surface area contributed by atoms with Crippen molar-refractivity contribution in [1.29, 1.82) is 0 Å². The molecule has 5 heterocycles. The average Bonchev–Trinajstić information content (AvgIpc) is 3.22. The van der Waals surface area contributed by atoms with E-state index in [1.54, 1.807) is 0 Å². The first kappa shape index (κ1) is 94.4. The van der Waals surface area contributed by atoms with Gasteiger partial charge in [-0.2, -0.15) is 0 Å². The first-order chi connectivity index (χ1) is 40.1. The van der Waals surface area contributed by atoms with E-state index in [4.69, 9.17) is 9.47 Å². The molecular weight excluding hydrogens is 1100 g/mol. The summed E-state index contributed by atoms with van der Waals surface area (Å²) >= 11 is 0. The van der Waals surface area contributed by atoms with Gasteiger partial charge in [0.25, 0.3) is 0 Å². The predicted molar refractivity (Wildman–Crippen MR) is 397 cm³/mol. The number of hydrogen-bond donors (Lipinski definition) is 0. The van der Waals surface area contributed by atoms with Gasteiger partial charge in [-0.3, -0.25) is 34.3 Å². The van der Waals surface area contributed by atoms with Gasteiger partial charge in [-0.1, -0.05) is 172 Å². The van der Waals surface area contributed by atoms with Crippen LogP contribution in [0, 0.1) is 80.3 Å². The number of rotatable bonds is 19. The zero-order valence-corrected chi connectivity index (χ0v) is 68.0. The van der Waals surface area contributed by atoms with E-state index in [0.29, 0.717) is 40.5 Å². The lowest BCUT2D eigenvalue weighted by molar-refractivity contribution is -0.962. The van der Waals surface area contributed by atoms with Crippen molar-refractivity contribution in [1.82, 2.24) is 53.9 Å². The molecule has 5 aliphatic rings. The van der Waals surface area contributed by atoms with Crippen molar-refractivity contribution in [3.63, 3.8) is 0 Å². The third-order valence-electron chi connectivity index (χ3n) is 13.2. The lowest BCUT2D eigenvalue weighted by Crippen LogP contribution is -2.65. The van der Waals surface area contributed by atoms with Crippen LogP contribution < -0.4 is 0 Å². The summed E-state index contributed by atoms with van der Waals surface area (Å²) in [4.78, 5) is 25.2. The van der Waals surface area contributed by atoms with Gasteiger partial charge in [-0.05, 0) is 160 Å². The molecule has 0 atom stereocenters. The van der Waals surface area contributed by atoms with Gasteiger partial charge in [0.2, 0.25) is 0 Å². The van der Waals surface area contributed by atoms with Gasteiger partial charge in [0.05, 0.1) is 47.2 Å². The van der Waals surface area contributed by atoms with Crippen molar-refractivity contribution < 1.29 is 14.0 Å². The maximum atomic E-state index is 5.45. The number of ether oxygens (including phenoxy) is 2. The Balaban J connectivity index is -0.000000458. The Morgan fingerprint density at radius 3 is 1.19 bits per heavy atom. The normalized spacial score (nSPS) is 17.9. The van der Waals surface area contributed by atoms with Crippen LogP contribution in [0.15, 0.2) is 0 Å². The van der Waals surface area contributed by atoms with Gasteiger partial charge in [-0.15, -0.1) is 5.92 Å². The molecule has 538 valence electrons. The summed E-state index contributed by atoms with van der Waals surface area (Å²) in [6, 6.07) is 0. The Morgan fingerprint density at radius 1 is 0.472 bits per heavy atom. The summed E-state index contributed by atoms with van der Waals surface area (Å²) in [5, 5.41) is 0. The van der Waals surface area contributed by atoms with Gasteiger partial charge in [0.15, 0.2) is 0 Å². The lowest BCUT2D eigenvalue weighted by Gasteiger charge is -2.48. The average molecular weight is 1270 g/mol. The highest BCUT2D eigenvalue weighted by molar-refractivity contribution is 5.02. The van der Waals surface area contributed by atoms with Crippen LogP contribution in [0.5, 0.6) is 0 Å². The summed E-state index contributed by atoms with van der Waals surface area (Å²) in [5.74, 6) is 12.5. The molecule has 0 aromatic carbocycles. The molecule has 0 saturated carbocycles. The molecule has 5 saturated heterocycles. The van der Waals surface area contributed by atoms with Crippen molar-refractivity contribution >= 4 is 0 Å². The third kappa shape index (κ3) is 72.7. The van der Waals surface area contributed by atoms with Crippen LogP contribution in [-0.2, 0) is 9.47 Å². The molecule has 89 heavy (non-hydrogen) atoms. The van der Waals surface area contributed by atoms with E-state index in [1.807, 2.05) is 33.1 Å². The van der Waals surface area contributed by atoms with E-state index in [2.05, 4.69) is 297 Å². The molecule has 0 unspecified atom stereocenters. The maximum Gasteiger partial charge on any atom is 0.140 e. The second kappa shape index (κ2) is 47.8. The van der Waals surface area contributed by atoms with E-state index < -0.39 is 0 Å². The van der Waals surface area contributed by atoms with Gasteiger partial charge in [0.1, 0.15) is 26.8 Å². The highest BCUT2D eigenvalue weighted by Gasteiger charge is 2.36. The molecule has 14 heteroatoms. The number of hydrogen-bond acceptors (Lipinski definition) is 13. The SMILES string of the molecule is CC(C)(C)CN1C[N+](C)(C)C1.CC(C)CC1CN(C)C1.CC(C)CC1COC1.CC(C)CN1CC(C)C1.CC(C)CN1CN(C)C1.CN(C)CC#CCC(C)(C)C.CN(C)CC(C)(C)C.CN(C)CN(C)CC(C)(C)C.CN(C)COCN(C)CC(C)(C)C. The monoisotopic (exact) mass is 1270 g/mol. The number of quaternary nitrogens is 1. The second-order valence-electron chi connectivity index (χ2n) is 37.5. The van der Waals surface area contributed by atoms with Crippen LogP contribution in [0.2, 0.25) is 0 Å². The molecule has 5 fully saturated rings. The fraction of sp³-hybridized carbons (Fsp3) is 0.973. The molecular formula is C75H167N12O2+. The van der Waals surface area contributed by atoms with Crippen LogP contribution in [-0.4, -0.2) is 289 Å². The quantitative estimate of drug-likeness (QED) is 0.0702. The molecule has 0 aliphatic carbocycles. The number of likely N-dealkylation sites (tertiary alicyclic amines) is 2. The molecule has 0 aromatic rings. The Hall–Kier alpha value is -1.00. The van der Waals surface area contributed by atoms with Crippen LogP contribution in [0.25, 0.3) is 0 Å². The summed E-state index contributed by atoms with van der Waals surface area (Å²) in [6.45, 7) is 76.8. The Kier molecular flexibility index (Phi) is 50.7. The summed E-state index contributed by atoms with van der Waals surface area (Å²) in [7, 11) is 29.6. The minimum Gasteiger partial charge on any atom is -0.381 e. The minimum atomic E-state index is 0.343. The Labute approximate surface area is 561 Å². The van der Waals surface area contributed by atoms with Gasteiger partial charge < -0.3 is 28.7 Å². The molecule has 0 N–H and O–H groups in total. The van der Waals surface area contributed by atoms with Gasteiger partial charge in [-0.25, -0.2) is 4.90 Å². The van der Waals surface area contributed by atoms with E-state index in [0.717, 1.165) is 112 Å². The third-order valence-corrected chi connectivity index (χ3v) is 13.2. The molecule has 0 radical (unpaired) electrons. The molecule has 14 nitrogen and oxygen atoms in total. The van der Waals surface area contributed by atoms with Crippen molar-refractivity contribution in [2.45, 2.75) is 185 Å². The molecule has 5 aliphatic heterocycles. The van der Waals surface area contributed by atoms with E-state index in [1.165, 1.54) is 72.0 Å². The van der Waals surface area contributed by atoms with Crippen molar-refractivity contribution in [2.24, 2.45) is 68.5 Å². The minimum absolute atomic E-state index is 0.343. The van der Waals surface area contributed by atoms with E-state index >= 15 is 0 Å². The highest BCUT2D eigenvalue weighted by atomic mass is 16.5. The van der Waals surface area contributed by atoms with Crippen molar-refractivity contribution in [2.75, 3.05) is 231 Å². The van der Waals surface area contributed by atoms with Crippen LogP contribution in [0.1, 0.15) is 185 Å². The zero-order valence-electron chi connectivity index (χ0n) is 68.0. The largest absolute Gasteiger partial charge is 0.381 e. The number of nitrogens with zero attached hydrogens (tertiary/aromatic N) is 12. The molecule has 0 bridgehead atoms. The van der Waals surface area contributed by atoms with Crippen molar-refractivity contribution in [3.05, 3.63) is 0 Å². The second-order valence-corrected chi connectivity index (χ2v) is 37.5. The molecule has 5 rings (SSSR count). The van der Waals surface area contributed by atoms with Crippen LogP contribution in [0.3, 0.4) is 0 Å². The van der Waals surface area contributed by atoms with E-state index in [-0.39, 0.29) is 0 Å². The van der Waals surface area contributed by atoms with Crippen LogP contribution >= 0.6 is 0 Å². The first-order valence-corrected chi connectivity index (χ1v) is 35.0. The zero-order chi connectivity index (χ0) is 70.5. The first-order valence-electron chi connectivity index (χ1n) is 35.0. The summed E-state index contributed by atoms with van der Waals surface area (Å²) in [5.41, 5.74) is 2.00. The molecule has 0 amide bonds. The van der Waals surface area contributed by atoms with Crippen LogP contribution in [0.4, 0.5) is 0 Å². The standard InChI is InChI=1S/C10H24N2O.C10H19N.C9H21N2.C9H22N2.2C8H17N.C7H16N2.C7H17N.C7H14O/c1-10(2,3)7-12(6)9-13-8-11(4)5;1-10(2,3)8-6-7-9-11(4)5;1-9(2,3)6-10-7-11(4,5)8-10;1-9(2,3)7-11(6)8-10(4)5;1-7(2)4-8-5-9(3)6-8;2*1-7(2)4-9-5-8(3)6-9;1-7(2,3)6-8(4)5;1-6(2)3-7-4-8-5-7/h7-9H2,1-6H3;8-9H2,1-5H3;6-8H2,1-5H3;7-8H2,1-6H3;2*7-8H,4-6H2,1-3H3;7H,4-6H2,1-3H3;6H2,1-5H3;6-7H,3-5H2,1-2H3/q;;+1;;;;;;.